The van der Waals surface area contributed by atoms with E-state index >= 15 is 0 Å². The molecule has 92 valence electrons. The van der Waals surface area contributed by atoms with Gasteiger partial charge in [0.15, 0.2) is 0 Å². The van der Waals surface area contributed by atoms with Crippen LogP contribution in [0.5, 0.6) is 0 Å². The molecule has 1 heterocycles. The topological polar surface area (TPSA) is 46.3 Å². The number of hydrogen-bond acceptors (Lipinski definition) is 3. The molecule has 1 aliphatic heterocycles. The molecule has 0 amide bonds. The van der Waals surface area contributed by atoms with Crippen molar-refractivity contribution in [3.8, 4) is 0 Å². The van der Waals surface area contributed by atoms with Crippen LogP contribution in [-0.4, -0.2) is 36.4 Å². The van der Waals surface area contributed by atoms with E-state index in [4.69, 9.17) is 5.73 Å². The summed E-state index contributed by atoms with van der Waals surface area (Å²) in [6.07, 6.45) is 1.76. The molecular formula is C10H22Cl2N2O. The molecule has 0 aromatic heterocycles. The Morgan fingerprint density at radius 2 is 2.00 bits per heavy atom. The van der Waals surface area contributed by atoms with E-state index in [9.17, 15) is 4.79 Å². The van der Waals surface area contributed by atoms with Gasteiger partial charge in [0.2, 0.25) is 0 Å². The third kappa shape index (κ3) is 7.12. The number of nitrogens with zero attached hydrogens (tertiary/aromatic N) is 1. The number of Topliss-reactive ketones (excluding diaryl/α,β-unsaturated/α-hetero) is 1. The molecular weight excluding hydrogens is 235 g/mol. The molecule has 0 saturated carbocycles. The number of hydrogen-bond donors (Lipinski definition) is 1. The molecule has 0 aromatic carbocycles. The lowest BCUT2D eigenvalue weighted by atomic mass is 10.0. The summed E-state index contributed by atoms with van der Waals surface area (Å²) in [6, 6.07) is 0.228. The van der Waals surface area contributed by atoms with E-state index in [0.717, 1.165) is 19.5 Å². The second kappa shape index (κ2) is 8.34. The van der Waals surface area contributed by atoms with Crippen LogP contribution in [0.4, 0.5) is 0 Å². The number of carbonyl (C=O) groups is 1. The molecule has 1 aliphatic rings. The molecule has 5 heteroatoms. The van der Waals surface area contributed by atoms with Crippen molar-refractivity contribution in [2.24, 2.45) is 11.7 Å². The molecule has 2 N–H and O–H groups in total. The molecule has 1 rings (SSSR count). The number of ketones is 1. The van der Waals surface area contributed by atoms with Crippen LogP contribution >= 0.6 is 24.8 Å². The van der Waals surface area contributed by atoms with Crippen LogP contribution in [0.3, 0.4) is 0 Å². The van der Waals surface area contributed by atoms with Gasteiger partial charge in [0.1, 0.15) is 5.78 Å². The molecule has 0 radical (unpaired) electrons. The van der Waals surface area contributed by atoms with Crippen LogP contribution in [0.15, 0.2) is 0 Å². The molecule has 15 heavy (non-hydrogen) atoms. The summed E-state index contributed by atoms with van der Waals surface area (Å²) in [5, 5.41) is 0. The van der Waals surface area contributed by atoms with E-state index in [0.29, 0.717) is 24.7 Å². The lowest BCUT2D eigenvalue weighted by Gasteiger charge is -2.20. The molecule has 1 fully saturated rings. The normalized spacial score (nSPS) is 18.5. The molecule has 0 bridgehead atoms. The Balaban J connectivity index is 0. The Labute approximate surface area is 105 Å². The van der Waals surface area contributed by atoms with Crippen LogP contribution in [0.2, 0.25) is 0 Å². The fraction of sp³-hybridized carbons (Fsp3) is 0.900. The Bertz CT molecular complexity index is 188. The van der Waals surface area contributed by atoms with Crippen molar-refractivity contribution in [3.05, 3.63) is 0 Å². The number of rotatable bonds is 4. The first-order valence-corrected chi connectivity index (χ1v) is 5.07. The van der Waals surface area contributed by atoms with Gasteiger partial charge in [-0.25, -0.2) is 0 Å². The van der Waals surface area contributed by atoms with E-state index < -0.39 is 0 Å². The predicted octanol–water partition coefficient (Wildman–Crippen LogP) is 1.48. The summed E-state index contributed by atoms with van der Waals surface area (Å²) < 4.78 is 0. The van der Waals surface area contributed by atoms with Crippen LogP contribution in [0.25, 0.3) is 0 Å². The van der Waals surface area contributed by atoms with E-state index in [1.54, 1.807) is 0 Å². The largest absolute Gasteiger partial charge is 0.327 e. The standard InChI is InChI=1S/C10H20N2O.2ClH/c1-8(2)5-9(11)6-12-4-3-10(13)7-12;;/h8-9H,3-7,11H2,1-2H3;2*1H/t9-;;/m0../s1. The van der Waals surface area contributed by atoms with Gasteiger partial charge in [-0.3, -0.25) is 9.69 Å². The summed E-state index contributed by atoms with van der Waals surface area (Å²) in [5.41, 5.74) is 5.95. The van der Waals surface area contributed by atoms with Crippen LogP contribution in [-0.2, 0) is 4.79 Å². The minimum Gasteiger partial charge on any atom is -0.327 e. The number of halogens is 2. The molecule has 3 nitrogen and oxygen atoms in total. The maximum Gasteiger partial charge on any atom is 0.148 e. The summed E-state index contributed by atoms with van der Waals surface area (Å²) in [4.78, 5) is 13.1. The molecule has 0 aliphatic carbocycles. The summed E-state index contributed by atoms with van der Waals surface area (Å²) in [5.74, 6) is 1.00. The van der Waals surface area contributed by atoms with Crippen molar-refractivity contribution >= 4 is 30.6 Å². The van der Waals surface area contributed by atoms with Gasteiger partial charge < -0.3 is 5.73 Å². The summed E-state index contributed by atoms with van der Waals surface area (Å²) in [6.45, 7) is 6.75. The fourth-order valence-electron chi connectivity index (χ4n) is 1.86. The van der Waals surface area contributed by atoms with Crippen LogP contribution < -0.4 is 5.73 Å². The van der Waals surface area contributed by atoms with Crippen molar-refractivity contribution in [2.45, 2.75) is 32.7 Å². The number of nitrogens with two attached hydrogens (primary N) is 1. The second-order valence-electron chi connectivity index (χ2n) is 4.41. The highest BCUT2D eigenvalue weighted by atomic mass is 35.5. The fourth-order valence-corrected chi connectivity index (χ4v) is 1.86. The summed E-state index contributed by atoms with van der Waals surface area (Å²) in [7, 11) is 0. The Hall–Kier alpha value is 0.170. The number of likely N-dealkylation sites (tertiary alicyclic amines) is 1. The first-order chi connectivity index (χ1) is 6.08. The van der Waals surface area contributed by atoms with Gasteiger partial charge in [-0.15, -0.1) is 24.8 Å². The van der Waals surface area contributed by atoms with Crippen LogP contribution in [0, 0.1) is 5.92 Å². The third-order valence-corrected chi connectivity index (χ3v) is 2.37. The Morgan fingerprint density at radius 1 is 1.40 bits per heavy atom. The van der Waals surface area contributed by atoms with Gasteiger partial charge in [0.05, 0.1) is 6.54 Å². The zero-order valence-electron chi connectivity index (χ0n) is 9.44. The van der Waals surface area contributed by atoms with Gasteiger partial charge in [-0.05, 0) is 12.3 Å². The Morgan fingerprint density at radius 3 is 2.40 bits per heavy atom. The van der Waals surface area contributed by atoms with Crippen LogP contribution in [0.1, 0.15) is 26.7 Å². The average molecular weight is 257 g/mol. The smallest absolute Gasteiger partial charge is 0.148 e. The number of carbonyl (C=O) groups excluding carboxylic acids is 1. The second-order valence-corrected chi connectivity index (χ2v) is 4.41. The highest BCUT2D eigenvalue weighted by molar-refractivity contribution is 5.85. The highest BCUT2D eigenvalue weighted by Gasteiger charge is 2.20. The first-order valence-electron chi connectivity index (χ1n) is 5.07. The monoisotopic (exact) mass is 256 g/mol. The zero-order chi connectivity index (χ0) is 9.84. The molecule has 0 aromatic rings. The molecule has 1 atom stereocenters. The average Bonchev–Trinajstić information content (AvgIpc) is 2.33. The minimum atomic E-state index is 0. The van der Waals surface area contributed by atoms with E-state index in [1.165, 1.54) is 0 Å². The zero-order valence-corrected chi connectivity index (χ0v) is 11.1. The maximum atomic E-state index is 11.0. The highest BCUT2D eigenvalue weighted by Crippen LogP contribution is 2.08. The van der Waals surface area contributed by atoms with Crippen molar-refractivity contribution in [3.63, 3.8) is 0 Å². The van der Waals surface area contributed by atoms with E-state index in [2.05, 4.69) is 18.7 Å². The minimum absolute atomic E-state index is 0. The molecule has 1 saturated heterocycles. The van der Waals surface area contributed by atoms with Gasteiger partial charge >= 0.3 is 0 Å². The molecule has 0 unspecified atom stereocenters. The van der Waals surface area contributed by atoms with Crippen molar-refractivity contribution in [1.29, 1.82) is 0 Å². The van der Waals surface area contributed by atoms with Gasteiger partial charge in [0, 0.05) is 25.6 Å². The quantitative estimate of drug-likeness (QED) is 0.829. The van der Waals surface area contributed by atoms with Crippen molar-refractivity contribution in [2.75, 3.05) is 19.6 Å². The lowest BCUT2D eigenvalue weighted by molar-refractivity contribution is -0.116. The Kier molecular flexibility index (Phi) is 9.76. The molecule has 0 spiro atoms. The lowest BCUT2D eigenvalue weighted by Crippen LogP contribution is -2.37. The first kappa shape index (κ1) is 17.6. The van der Waals surface area contributed by atoms with Crippen molar-refractivity contribution < 1.29 is 4.79 Å². The maximum absolute atomic E-state index is 11.0. The van der Waals surface area contributed by atoms with E-state index in [1.807, 2.05) is 0 Å². The predicted molar refractivity (Wildman–Crippen MR) is 68.0 cm³/mol. The van der Waals surface area contributed by atoms with Gasteiger partial charge in [-0.2, -0.15) is 0 Å². The van der Waals surface area contributed by atoms with Gasteiger partial charge in [0.25, 0.3) is 0 Å². The SMILES string of the molecule is CC(C)C[C@H](N)CN1CCC(=O)C1.Cl.Cl. The van der Waals surface area contributed by atoms with E-state index in [-0.39, 0.29) is 30.9 Å². The third-order valence-electron chi connectivity index (χ3n) is 2.37. The summed E-state index contributed by atoms with van der Waals surface area (Å²) >= 11 is 0. The van der Waals surface area contributed by atoms with Gasteiger partial charge in [-0.1, -0.05) is 13.8 Å². The van der Waals surface area contributed by atoms with Crippen molar-refractivity contribution in [1.82, 2.24) is 4.90 Å².